The minimum atomic E-state index is 0.621. The highest BCUT2D eigenvalue weighted by Crippen LogP contribution is 2.40. The molecule has 0 saturated carbocycles. The van der Waals surface area contributed by atoms with Crippen LogP contribution in [0, 0.1) is 0 Å². The molecule has 4 heteroatoms. The Bertz CT molecular complexity index is 3260. The number of benzene rings is 9. The molecule has 0 aliphatic heterocycles. The number of rotatable bonds is 5. The molecule has 0 amide bonds. The van der Waals surface area contributed by atoms with E-state index in [1.807, 2.05) is 18.2 Å². The van der Waals surface area contributed by atoms with Gasteiger partial charge in [-0.3, -0.25) is 0 Å². The van der Waals surface area contributed by atoms with E-state index in [-0.39, 0.29) is 0 Å². The predicted octanol–water partition coefficient (Wildman–Crippen LogP) is 13.1. The van der Waals surface area contributed by atoms with Crippen LogP contribution in [0.15, 0.2) is 194 Å². The first-order valence-electron chi connectivity index (χ1n) is 18.6. The summed E-state index contributed by atoms with van der Waals surface area (Å²) >= 11 is 0. The van der Waals surface area contributed by atoms with Crippen molar-refractivity contribution in [3.63, 3.8) is 0 Å². The summed E-state index contributed by atoms with van der Waals surface area (Å²) in [5, 5.41) is 9.39. The molecule has 0 bridgehead atoms. The number of hydrogen-bond acceptors (Lipinski definition) is 3. The molecule has 0 N–H and O–H groups in total. The maximum Gasteiger partial charge on any atom is 0.166 e. The number of fused-ring (bicyclic) bond motifs is 6. The summed E-state index contributed by atoms with van der Waals surface area (Å²) in [5.41, 5.74) is 8.48. The van der Waals surface area contributed by atoms with Crippen LogP contribution in [0.2, 0.25) is 0 Å². The van der Waals surface area contributed by atoms with Crippen LogP contribution in [-0.4, -0.2) is 19.5 Å². The van der Waals surface area contributed by atoms with Crippen molar-refractivity contribution in [2.24, 2.45) is 0 Å². The molecular weight excluding hydrogens is 669 g/mol. The van der Waals surface area contributed by atoms with E-state index in [1.54, 1.807) is 0 Å². The summed E-state index contributed by atoms with van der Waals surface area (Å²) in [5.74, 6) is 1.88. The van der Waals surface area contributed by atoms with Crippen molar-refractivity contribution in [1.82, 2.24) is 19.5 Å². The maximum absolute atomic E-state index is 5.32. The van der Waals surface area contributed by atoms with Crippen LogP contribution >= 0.6 is 0 Å². The maximum atomic E-state index is 5.32. The van der Waals surface area contributed by atoms with Crippen molar-refractivity contribution in [1.29, 1.82) is 0 Å². The summed E-state index contributed by atoms with van der Waals surface area (Å²) in [6.45, 7) is 0. The van der Waals surface area contributed by atoms with Gasteiger partial charge in [0.1, 0.15) is 0 Å². The molecule has 256 valence electrons. The lowest BCUT2D eigenvalue weighted by atomic mass is 10.00. The third-order valence-electron chi connectivity index (χ3n) is 10.8. The summed E-state index contributed by atoms with van der Waals surface area (Å²) in [6.07, 6.45) is 0. The minimum absolute atomic E-state index is 0.621. The van der Waals surface area contributed by atoms with Gasteiger partial charge in [-0.05, 0) is 85.9 Å². The van der Waals surface area contributed by atoms with Crippen molar-refractivity contribution in [2.45, 2.75) is 0 Å². The average Bonchev–Trinajstić information content (AvgIpc) is 3.58. The van der Waals surface area contributed by atoms with Crippen LogP contribution < -0.4 is 0 Å². The molecule has 0 spiro atoms. The Kier molecular flexibility index (Phi) is 7.14. The van der Waals surface area contributed by atoms with E-state index >= 15 is 0 Å². The standard InChI is InChI=1S/C51H32N4/c1-3-13-33(14-4-1)39-23-24-41-28-42(26-25-40(41)27-39)50-52-49(34-15-5-2-6-16-34)53-51(54-50)45-30-36-18-8-10-20-38(36)32-48(45)55-46-22-12-11-21-43(46)44-29-35-17-7-9-19-37(35)31-47(44)55/h1-32H. The molecule has 0 aliphatic rings. The normalized spacial score (nSPS) is 11.6. The molecule has 4 nitrogen and oxygen atoms in total. The van der Waals surface area contributed by atoms with Gasteiger partial charge in [-0.1, -0.05) is 152 Å². The van der Waals surface area contributed by atoms with E-state index < -0.39 is 0 Å². The van der Waals surface area contributed by atoms with Crippen molar-refractivity contribution in [2.75, 3.05) is 0 Å². The second-order valence-corrected chi connectivity index (χ2v) is 14.1. The van der Waals surface area contributed by atoms with E-state index in [9.17, 15) is 0 Å². The Hall–Kier alpha value is -7.43. The van der Waals surface area contributed by atoms with Crippen LogP contribution in [-0.2, 0) is 0 Å². The van der Waals surface area contributed by atoms with E-state index in [2.05, 4.69) is 180 Å². The molecular formula is C51H32N4. The number of aromatic nitrogens is 4. The smallest absolute Gasteiger partial charge is 0.166 e. The first-order chi connectivity index (χ1) is 27.2. The number of nitrogens with zero attached hydrogens (tertiary/aromatic N) is 4. The molecule has 0 fully saturated rings. The van der Waals surface area contributed by atoms with Crippen molar-refractivity contribution >= 4 is 54.1 Å². The van der Waals surface area contributed by atoms with Crippen molar-refractivity contribution in [3.05, 3.63) is 194 Å². The molecule has 55 heavy (non-hydrogen) atoms. The van der Waals surface area contributed by atoms with Gasteiger partial charge in [0.25, 0.3) is 0 Å². The molecule has 2 heterocycles. The number of hydrogen-bond donors (Lipinski definition) is 0. The fraction of sp³-hybridized carbons (Fsp3) is 0. The zero-order valence-corrected chi connectivity index (χ0v) is 29.8. The van der Waals surface area contributed by atoms with Gasteiger partial charge in [0.05, 0.1) is 16.7 Å². The Balaban J connectivity index is 1.17. The summed E-state index contributed by atoms with van der Waals surface area (Å²) in [6, 6.07) is 68.8. The molecule has 0 saturated heterocycles. The molecule has 0 aliphatic carbocycles. The van der Waals surface area contributed by atoms with Crippen LogP contribution in [0.3, 0.4) is 0 Å². The van der Waals surface area contributed by atoms with Crippen LogP contribution in [0.4, 0.5) is 0 Å². The highest BCUT2D eigenvalue weighted by atomic mass is 15.1. The predicted molar refractivity (Wildman–Crippen MR) is 228 cm³/mol. The summed E-state index contributed by atoms with van der Waals surface area (Å²) < 4.78 is 2.39. The van der Waals surface area contributed by atoms with Gasteiger partial charge in [-0.25, -0.2) is 15.0 Å². The highest BCUT2D eigenvalue weighted by molar-refractivity contribution is 6.14. The summed E-state index contributed by atoms with van der Waals surface area (Å²) in [7, 11) is 0. The topological polar surface area (TPSA) is 43.6 Å². The number of para-hydroxylation sites is 1. The zero-order chi connectivity index (χ0) is 36.3. The van der Waals surface area contributed by atoms with E-state index in [0.29, 0.717) is 17.5 Å². The Morgan fingerprint density at radius 2 is 0.800 bits per heavy atom. The highest BCUT2D eigenvalue weighted by Gasteiger charge is 2.21. The van der Waals surface area contributed by atoms with Crippen LogP contribution in [0.1, 0.15) is 0 Å². The van der Waals surface area contributed by atoms with Crippen LogP contribution in [0.5, 0.6) is 0 Å². The largest absolute Gasteiger partial charge is 0.308 e. The van der Waals surface area contributed by atoms with E-state index in [1.165, 1.54) is 38.1 Å². The SMILES string of the molecule is c1ccc(-c2ccc3cc(-c4nc(-c5ccccc5)nc(-c5cc6ccccc6cc5-n5c6ccccc6c6cc7ccccc7cc65)n4)ccc3c2)cc1. The van der Waals surface area contributed by atoms with Gasteiger partial charge in [-0.15, -0.1) is 0 Å². The Morgan fingerprint density at radius 1 is 0.291 bits per heavy atom. The molecule has 0 atom stereocenters. The fourth-order valence-electron chi connectivity index (χ4n) is 8.04. The Labute approximate surface area is 317 Å². The van der Waals surface area contributed by atoms with Gasteiger partial charge >= 0.3 is 0 Å². The minimum Gasteiger partial charge on any atom is -0.308 e. The first-order valence-corrected chi connectivity index (χ1v) is 18.6. The van der Waals surface area contributed by atoms with Gasteiger partial charge < -0.3 is 4.57 Å². The van der Waals surface area contributed by atoms with E-state index in [4.69, 9.17) is 15.0 Å². The third-order valence-corrected chi connectivity index (χ3v) is 10.8. The molecule has 9 aromatic carbocycles. The molecule has 0 unspecified atom stereocenters. The van der Waals surface area contributed by atoms with Crippen molar-refractivity contribution < 1.29 is 0 Å². The van der Waals surface area contributed by atoms with Gasteiger partial charge in [0, 0.05) is 27.5 Å². The Morgan fingerprint density at radius 3 is 1.53 bits per heavy atom. The molecule has 0 radical (unpaired) electrons. The third kappa shape index (κ3) is 5.34. The lowest BCUT2D eigenvalue weighted by Gasteiger charge is -2.16. The van der Waals surface area contributed by atoms with Gasteiger partial charge in [-0.2, -0.15) is 0 Å². The lowest BCUT2D eigenvalue weighted by molar-refractivity contribution is 1.07. The molecule has 11 rings (SSSR count). The van der Waals surface area contributed by atoms with Gasteiger partial charge in [0.2, 0.25) is 0 Å². The quantitative estimate of drug-likeness (QED) is 0.179. The van der Waals surface area contributed by atoms with Crippen LogP contribution in [0.25, 0.3) is 105 Å². The van der Waals surface area contributed by atoms with Gasteiger partial charge in [0.15, 0.2) is 17.5 Å². The van der Waals surface area contributed by atoms with Crippen molar-refractivity contribution in [3.8, 4) is 51.0 Å². The first kappa shape index (κ1) is 31.1. The molecule has 2 aromatic heterocycles. The fourth-order valence-corrected chi connectivity index (χ4v) is 8.04. The van der Waals surface area contributed by atoms with E-state index in [0.717, 1.165) is 49.6 Å². The average molecular weight is 701 g/mol. The molecule has 11 aromatic rings. The summed E-state index contributed by atoms with van der Waals surface area (Å²) in [4.78, 5) is 15.7. The second-order valence-electron chi connectivity index (χ2n) is 14.1. The zero-order valence-electron chi connectivity index (χ0n) is 29.8. The monoisotopic (exact) mass is 700 g/mol. The lowest BCUT2D eigenvalue weighted by Crippen LogP contribution is -2.04. The second kappa shape index (κ2) is 12.6.